The third-order valence-electron chi connectivity index (χ3n) is 6.27. The van der Waals surface area contributed by atoms with Gasteiger partial charge in [-0.1, -0.05) is 57.5 Å². The van der Waals surface area contributed by atoms with Crippen molar-refractivity contribution >= 4 is 28.9 Å². The average Bonchev–Trinajstić information content (AvgIpc) is 2.82. The van der Waals surface area contributed by atoms with Crippen molar-refractivity contribution in [3.63, 3.8) is 0 Å². The first-order chi connectivity index (χ1) is 17.3. The number of alkyl halides is 3. The second-order valence-electron chi connectivity index (χ2n) is 10.2. The molecule has 0 saturated carbocycles. The molecule has 0 aliphatic heterocycles. The molecule has 0 heterocycles. The summed E-state index contributed by atoms with van der Waals surface area (Å²) >= 11 is 6.13. The zero-order valence-electron chi connectivity index (χ0n) is 21.5. The van der Waals surface area contributed by atoms with Gasteiger partial charge in [0.1, 0.15) is 0 Å². The van der Waals surface area contributed by atoms with Gasteiger partial charge in [-0.3, -0.25) is 4.79 Å². The summed E-state index contributed by atoms with van der Waals surface area (Å²) in [5, 5.41) is 10.7. The summed E-state index contributed by atoms with van der Waals surface area (Å²) in [6.07, 6.45) is -3.10. The summed E-state index contributed by atoms with van der Waals surface area (Å²) in [7, 11) is 0. The van der Waals surface area contributed by atoms with Crippen LogP contribution in [0.3, 0.4) is 0 Å². The fourth-order valence-corrected chi connectivity index (χ4v) is 4.40. The van der Waals surface area contributed by atoms with Crippen molar-refractivity contribution < 1.29 is 23.1 Å². The van der Waals surface area contributed by atoms with E-state index in [-0.39, 0.29) is 5.92 Å². The third-order valence-corrected chi connectivity index (χ3v) is 6.53. The highest BCUT2D eigenvalue weighted by molar-refractivity contribution is 6.30. The van der Waals surface area contributed by atoms with E-state index in [4.69, 9.17) is 11.6 Å². The van der Waals surface area contributed by atoms with Crippen LogP contribution in [0.1, 0.15) is 57.6 Å². The number of carbonyl (C=O) groups is 1. The maximum Gasteiger partial charge on any atom is 0.416 e. The lowest BCUT2D eigenvalue weighted by Crippen LogP contribution is -2.21. The van der Waals surface area contributed by atoms with E-state index in [1.54, 1.807) is 18.2 Å². The number of hydrogen-bond donors (Lipinski definition) is 1. The second kappa shape index (κ2) is 12.0. The van der Waals surface area contributed by atoms with Crippen molar-refractivity contribution in [2.24, 2.45) is 11.8 Å². The first-order valence-corrected chi connectivity index (χ1v) is 12.8. The van der Waals surface area contributed by atoms with Gasteiger partial charge >= 0.3 is 12.1 Å². The quantitative estimate of drug-likeness (QED) is 0.283. The van der Waals surface area contributed by atoms with Crippen molar-refractivity contribution in [2.75, 3.05) is 11.4 Å². The van der Waals surface area contributed by atoms with Gasteiger partial charge in [-0.25, -0.2) is 0 Å². The van der Waals surface area contributed by atoms with Gasteiger partial charge in [0, 0.05) is 22.9 Å². The predicted molar refractivity (Wildman–Crippen MR) is 145 cm³/mol. The molecule has 3 aromatic rings. The van der Waals surface area contributed by atoms with Gasteiger partial charge in [-0.15, -0.1) is 0 Å². The molecular weight excluding hydrogens is 499 g/mol. The molecule has 0 radical (unpaired) electrons. The smallest absolute Gasteiger partial charge is 0.416 e. The highest BCUT2D eigenvalue weighted by Gasteiger charge is 2.30. The zero-order chi connectivity index (χ0) is 27.3. The normalized spacial score (nSPS) is 12.7. The van der Waals surface area contributed by atoms with E-state index in [1.807, 2.05) is 38.1 Å². The van der Waals surface area contributed by atoms with Crippen LogP contribution >= 0.6 is 11.6 Å². The van der Waals surface area contributed by atoms with Crippen LogP contribution in [0.4, 0.5) is 24.5 Å². The number of carboxylic acids is 1. The number of anilines is 2. The summed E-state index contributed by atoms with van der Waals surface area (Å²) in [5.41, 5.74) is 2.83. The number of halogens is 4. The van der Waals surface area contributed by atoms with Gasteiger partial charge in [0.05, 0.1) is 11.5 Å². The van der Waals surface area contributed by atoms with Crippen LogP contribution in [0.5, 0.6) is 0 Å². The first-order valence-electron chi connectivity index (χ1n) is 12.4. The Morgan fingerprint density at radius 3 is 2.00 bits per heavy atom. The van der Waals surface area contributed by atoms with Crippen LogP contribution in [0, 0.1) is 11.8 Å². The monoisotopic (exact) mass is 531 g/mol. The zero-order valence-corrected chi connectivity index (χ0v) is 22.3. The number of aliphatic carboxylic acids is 1. The minimum atomic E-state index is -4.43. The van der Waals surface area contributed by atoms with Crippen molar-refractivity contribution in [1.29, 1.82) is 0 Å². The maximum absolute atomic E-state index is 13.2. The van der Waals surface area contributed by atoms with Gasteiger partial charge in [-0.2, -0.15) is 13.2 Å². The lowest BCUT2D eigenvalue weighted by molar-refractivity contribution is -0.139. The Hall–Kier alpha value is -2.99. The van der Waals surface area contributed by atoms with Crippen LogP contribution in [-0.4, -0.2) is 17.6 Å². The average molecular weight is 532 g/mol. The van der Waals surface area contributed by atoms with E-state index in [0.717, 1.165) is 29.9 Å². The summed E-state index contributed by atoms with van der Waals surface area (Å²) in [4.78, 5) is 14.4. The van der Waals surface area contributed by atoms with E-state index < -0.39 is 23.6 Å². The Morgan fingerprint density at radius 2 is 1.49 bits per heavy atom. The Kier molecular flexibility index (Phi) is 9.30. The Bertz CT molecular complexity index is 1190. The highest BCUT2D eigenvalue weighted by atomic mass is 35.5. The Labute approximate surface area is 221 Å². The molecule has 1 atom stereocenters. The van der Waals surface area contributed by atoms with Crippen LogP contribution in [0.15, 0.2) is 66.7 Å². The molecule has 198 valence electrons. The van der Waals surface area contributed by atoms with Crippen molar-refractivity contribution in [1.82, 2.24) is 0 Å². The van der Waals surface area contributed by atoms with Gasteiger partial charge in [0.15, 0.2) is 0 Å². The highest BCUT2D eigenvalue weighted by Crippen LogP contribution is 2.37. The van der Waals surface area contributed by atoms with E-state index in [1.165, 1.54) is 12.1 Å². The minimum absolute atomic E-state index is 0.146. The van der Waals surface area contributed by atoms with E-state index in [9.17, 15) is 23.1 Å². The molecule has 0 fully saturated rings. The molecule has 0 aliphatic carbocycles. The molecule has 3 rings (SSSR count). The number of nitrogens with zero attached hydrogens (tertiary/aromatic N) is 1. The van der Waals surface area contributed by atoms with E-state index in [2.05, 4.69) is 18.7 Å². The number of benzene rings is 3. The molecule has 1 N–H and O–H groups in total. The lowest BCUT2D eigenvalue weighted by atomic mass is 9.88. The first kappa shape index (κ1) is 28.6. The predicted octanol–water partition coefficient (Wildman–Crippen LogP) is 9.42. The standard InChI is InChI=1S/C30H33ClF3NO2/c1-19(2)13-14-35(26-11-9-25(31)10-12-26)27-17-22(21-5-7-24(8-6-21)30(32,33)34)16-23(18-27)28(29(36)37)15-20(3)4/h5-12,16-20,28H,13-15H2,1-4H3,(H,36,37). The summed E-state index contributed by atoms with van der Waals surface area (Å²) in [5.74, 6) is -1.09. The molecule has 0 spiro atoms. The molecule has 0 amide bonds. The Morgan fingerprint density at radius 1 is 0.865 bits per heavy atom. The lowest BCUT2D eigenvalue weighted by Gasteiger charge is -2.28. The van der Waals surface area contributed by atoms with Crippen LogP contribution in [0.25, 0.3) is 11.1 Å². The van der Waals surface area contributed by atoms with E-state index in [0.29, 0.717) is 40.6 Å². The van der Waals surface area contributed by atoms with Crippen LogP contribution < -0.4 is 4.90 Å². The largest absolute Gasteiger partial charge is 0.481 e. The molecule has 3 nitrogen and oxygen atoms in total. The molecule has 0 saturated heterocycles. The van der Waals surface area contributed by atoms with Crippen LogP contribution in [-0.2, 0) is 11.0 Å². The minimum Gasteiger partial charge on any atom is -0.481 e. The summed E-state index contributed by atoms with van der Waals surface area (Å²) in [6, 6.07) is 18.0. The molecular formula is C30H33ClF3NO2. The number of hydrogen-bond acceptors (Lipinski definition) is 2. The van der Waals surface area contributed by atoms with Crippen molar-refractivity contribution in [3.8, 4) is 11.1 Å². The summed E-state index contributed by atoms with van der Waals surface area (Å²) < 4.78 is 39.5. The Balaban J connectivity index is 2.19. The molecule has 0 bridgehead atoms. The topological polar surface area (TPSA) is 40.5 Å². The van der Waals surface area contributed by atoms with E-state index >= 15 is 0 Å². The molecule has 37 heavy (non-hydrogen) atoms. The maximum atomic E-state index is 13.2. The van der Waals surface area contributed by atoms with Crippen molar-refractivity contribution in [2.45, 2.75) is 52.6 Å². The third kappa shape index (κ3) is 7.75. The number of rotatable bonds is 10. The van der Waals surface area contributed by atoms with Gasteiger partial charge in [0.2, 0.25) is 0 Å². The van der Waals surface area contributed by atoms with Crippen molar-refractivity contribution in [3.05, 3.63) is 82.9 Å². The molecule has 7 heteroatoms. The van der Waals surface area contributed by atoms with Gasteiger partial charge < -0.3 is 10.0 Å². The number of carboxylic acid groups (broad SMARTS) is 1. The fourth-order valence-electron chi connectivity index (χ4n) is 4.28. The van der Waals surface area contributed by atoms with Crippen LogP contribution in [0.2, 0.25) is 5.02 Å². The summed E-state index contributed by atoms with van der Waals surface area (Å²) in [6.45, 7) is 8.88. The van der Waals surface area contributed by atoms with Gasteiger partial charge in [-0.05, 0) is 89.9 Å². The molecule has 1 unspecified atom stereocenters. The second-order valence-corrected chi connectivity index (χ2v) is 10.7. The molecule has 0 aromatic heterocycles. The SMILES string of the molecule is CC(C)CCN(c1ccc(Cl)cc1)c1cc(-c2ccc(C(F)(F)F)cc2)cc(C(CC(C)C)C(=O)O)c1. The fraction of sp³-hybridized carbons (Fsp3) is 0.367. The van der Waals surface area contributed by atoms with Gasteiger partial charge in [0.25, 0.3) is 0 Å². The molecule has 3 aromatic carbocycles. The molecule has 0 aliphatic rings.